The van der Waals surface area contributed by atoms with Gasteiger partial charge in [0.25, 0.3) is 0 Å². The average molecular weight is 408 g/mol. The Kier molecular flexibility index (Phi) is 7.63. The molecule has 1 fully saturated rings. The molecule has 1 amide bonds. The lowest BCUT2D eigenvalue weighted by molar-refractivity contribution is -0.116. The van der Waals surface area contributed by atoms with E-state index in [1.54, 1.807) is 0 Å². The summed E-state index contributed by atoms with van der Waals surface area (Å²) in [7, 11) is 0. The first kappa shape index (κ1) is 22.0. The summed E-state index contributed by atoms with van der Waals surface area (Å²) in [5.74, 6) is -0.118. The summed E-state index contributed by atoms with van der Waals surface area (Å²) in [5, 5.41) is 2.96. The van der Waals surface area contributed by atoms with Gasteiger partial charge < -0.3 is 15.1 Å². The van der Waals surface area contributed by atoms with Crippen LogP contribution in [0.3, 0.4) is 0 Å². The zero-order chi connectivity index (χ0) is 21.5. The van der Waals surface area contributed by atoms with Gasteiger partial charge in [0.1, 0.15) is 0 Å². The van der Waals surface area contributed by atoms with Crippen molar-refractivity contribution in [3.63, 3.8) is 0 Å². The second-order valence-electron chi connectivity index (χ2n) is 7.94. The number of amides is 1. The summed E-state index contributed by atoms with van der Waals surface area (Å²) in [6.07, 6.45) is 1.36. The molecule has 0 radical (unpaired) electrons. The van der Waals surface area contributed by atoms with Gasteiger partial charge in [-0.3, -0.25) is 9.59 Å². The van der Waals surface area contributed by atoms with Gasteiger partial charge in [-0.15, -0.1) is 0 Å². The number of Topliss-reactive ketones (excluding diaryl/α,β-unsaturated/α-hetero) is 1. The minimum Gasteiger partial charge on any atom is -0.369 e. The summed E-state index contributed by atoms with van der Waals surface area (Å²) in [5.41, 5.74) is 4.93. The Morgan fingerprint density at radius 3 is 2.23 bits per heavy atom. The first-order chi connectivity index (χ1) is 14.5. The fraction of sp³-hybridized carbons (Fsp3) is 0.440. The predicted molar refractivity (Wildman–Crippen MR) is 124 cm³/mol. The summed E-state index contributed by atoms with van der Waals surface area (Å²) < 4.78 is 0. The van der Waals surface area contributed by atoms with Crippen molar-refractivity contribution in [1.82, 2.24) is 4.90 Å². The van der Waals surface area contributed by atoms with E-state index >= 15 is 0 Å². The monoisotopic (exact) mass is 407 g/mol. The Morgan fingerprint density at radius 2 is 1.63 bits per heavy atom. The van der Waals surface area contributed by atoms with E-state index in [4.69, 9.17) is 0 Å². The van der Waals surface area contributed by atoms with E-state index in [9.17, 15) is 9.59 Å². The number of carbonyl (C=O) groups is 2. The molecular weight excluding hydrogens is 374 g/mol. The topological polar surface area (TPSA) is 52.7 Å². The van der Waals surface area contributed by atoms with Crippen LogP contribution in [0.1, 0.15) is 48.2 Å². The number of hydrogen-bond donors (Lipinski definition) is 1. The molecule has 2 aromatic rings. The number of anilines is 2. The number of benzene rings is 2. The van der Waals surface area contributed by atoms with E-state index in [2.05, 4.69) is 41.1 Å². The lowest BCUT2D eigenvalue weighted by Crippen LogP contribution is -2.46. The Bertz CT molecular complexity index is 868. The van der Waals surface area contributed by atoms with Crippen LogP contribution in [0.4, 0.5) is 11.4 Å². The van der Waals surface area contributed by atoms with E-state index in [0.29, 0.717) is 5.56 Å². The number of likely N-dealkylation sites (N-methyl/N-ethyl adjacent to an activating group) is 1. The maximum absolute atomic E-state index is 12.4. The maximum Gasteiger partial charge on any atom is 0.224 e. The smallest absolute Gasteiger partial charge is 0.224 e. The molecule has 30 heavy (non-hydrogen) atoms. The van der Waals surface area contributed by atoms with Gasteiger partial charge in [0.2, 0.25) is 5.91 Å². The van der Waals surface area contributed by atoms with Crippen molar-refractivity contribution in [3.05, 3.63) is 59.2 Å². The van der Waals surface area contributed by atoms with E-state index in [1.165, 1.54) is 11.3 Å². The van der Waals surface area contributed by atoms with Crippen LogP contribution in [-0.2, 0) is 11.2 Å². The molecular formula is C25H33N3O2. The van der Waals surface area contributed by atoms with Crippen LogP contribution in [0.5, 0.6) is 0 Å². The molecule has 0 aromatic heterocycles. The molecule has 0 saturated carbocycles. The highest BCUT2D eigenvalue weighted by Gasteiger charge is 2.17. The molecule has 0 unspecified atom stereocenters. The Balaban J connectivity index is 1.51. The number of ketones is 1. The molecule has 0 aliphatic carbocycles. The molecule has 1 aliphatic heterocycles. The van der Waals surface area contributed by atoms with Crippen LogP contribution in [0.15, 0.2) is 42.5 Å². The highest BCUT2D eigenvalue weighted by molar-refractivity contribution is 6.00. The van der Waals surface area contributed by atoms with Crippen molar-refractivity contribution in [3.8, 4) is 0 Å². The minimum atomic E-state index is -0.124. The lowest BCUT2D eigenvalue weighted by atomic mass is 10.0. The number of piperazine rings is 1. The van der Waals surface area contributed by atoms with Gasteiger partial charge >= 0.3 is 0 Å². The first-order valence-corrected chi connectivity index (χ1v) is 11.0. The third kappa shape index (κ3) is 5.70. The van der Waals surface area contributed by atoms with Crippen molar-refractivity contribution in [1.29, 1.82) is 0 Å². The van der Waals surface area contributed by atoms with Crippen molar-refractivity contribution >= 4 is 23.1 Å². The average Bonchev–Trinajstić information content (AvgIpc) is 2.79. The van der Waals surface area contributed by atoms with Crippen LogP contribution in [0, 0.1) is 6.92 Å². The standard InChI is InChI=1S/C25H33N3O2/c1-4-20-6-8-21(9-7-20)24(29)12-13-25(30)26-23-11-10-22(18-19(23)3)28-16-14-27(5-2)15-17-28/h6-11,18H,4-5,12-17H2,1-3H3,(H,26,30). The van der Waals surface area contributed by atoms with Crippen LogP contribution >= 0.6 is 0 Å². The van der Waals surface area contributed by atoms with Gasteiger partial charge in [0.15, 0.2) is 5.78 Å². The number of carbonyl (C=O) groups excluding carboxylic acids is 2. The zero-order valence-electron chi connectivity index (χ0n) is 18.4. The molecule has 2 aromatic carbocycles. The second-order valence-corrected chi connectivity index (χ2v) is 7.94. The van der Waals surface area contributed by atoms with Crippen molar-refractivity contribution < 1.29 is 9.59 Å². The zero-order valence-corrected chi connectivity index (χ0v) is 18.4. The summed E-state index contributed by atoms with van der Waals surface area (Å²) in [6.45, 7) is 11.6. The lowest BCUT2D eigenvalue weighted by Gasteiger charge is -2.35. The molecule has 1 N–H and O–H groups in total. The largest absolute Gasteiger partial charge is 0.369 e. The summed E-state index contributed by atoms with van der Waals surface area (Å²) >= 11 is 0. The number of nitrogens with zero attached hydrogens (tertiary/aromatic N) is 2. The number of rotatable bonds is 8. The van der Waals surface area contributed by atoms with E-state index < -0.39 is 0 Å². The Morgan fingerprint density at radius 1 is 0.933 bits per heavy atom. The van der Waals surface area contributed by atoms with Gasteiger partial charge in [-0.25, -0.2) is 0 Å². The fourth-order valence-electron chi connectivity index (χ4n) is 3.82. The van der Waals surface area contributed by atoms with Crippen LogP contribution in [0.25, 0.3) is 0 Å². The van der Waals surface area contributed by atoms with Crippen molar-refractivity contribution in [2.75, 3.05) is 42.9 Å². The summed E-state index contributed by atoms with van der Waals surface area (Å²) in [6, 6.07) is 13.8. The fourth-order valence-corrected chi connectivity index (χ4v) is 3.82. The SMILES string of the molecule is CCc1ccc(C(=O)CCC(=O)Nc2ccc(N3CCN(CC)CC3)cc2C)cc1. The Labute approximate surface area is 180 Å². The third-order valence-electron chi connectivity index (χ3n) is 5.93. The number of aryl methyl sites for hydroxylation is 2. The molecule has 1 aliphatic rings. The van der Waals surface area contributed by atoms with Crippen molar-refractivity contribution in [2.24, 2.45) is 0 Å². The quantitative estimate of drug-likeness (QED) is 0.663. The molecule has 5 heteroatoms. The number of hydrogen-bond acceptors (Lipinski definition) is 4. The third-order valence-corrected chi connectivity index (χ3v) is 5.93. The van der Waals surface area contributed by atoms with Crippen LogP contribution in [0.2, 0.25) is 0 Å². The molecule has 3 rings (SSSR count). The highest BCUT2D eigenvalue weighted by Crippen LogP contribution is 2.24. The van der Waals surface area contributed by atoms with Crippen LogP contribution < -0.4 is 10.2 Å². The van der Waals surface area contributed by atoms with Gasteiger partial charge in [-0.05, 0) is 49.2 Å². The summed E-state index contributed by atoms with van der Waals surface area (Å²) in [4.78, 5) is 29.6. The van der Waals surface area contributed by atoms with E-state index in [-0.39, 0.29) is 24.5 Å². The molecule has 0 spiro atoms. The molecule has 5 nitrogen and oxygen atoms in total. The van der Waals surface area contributed by atoms with Gasteiger partial charge in [0.05, 0.1) is 0 Å². The van der Waals surface area contributed by atoms with Crippen LogP contribution in [-0.4, -0.2) is 49.3 Å². The molecule has 160 valence electrons. The number of nitrogens with one attached hydrogen (secondary N) is 1. The van der Waals surface area contributed by atoms with Gasteiger partial charge in [0, 0.05) is 56.0 Å². The maximum atomic E-state index is 12.4. The van der Waals surface area contributed by atoms with E-state index in [1.807, 2.05) is 37.3 Å². The van der Waals surface area contributed by atoms with Gasteiger partial charge in [-0.2, -0.15) is 0 Å². The molecule has 0 bridgehead atoms. The van der Waals surface area contributed by atoms with E-state index in [0.717, 1.165) is 50.4 Å². The Hall–Kier alpha value is -2.66. The van der Waals surface area contributed by atoms with Gasteiger partial charge in [-0.1, -0.05) is 38.1 Å². The highest BCUT2D eigenvalue weighted by atomic mass is 16.2. The minimum absolute atomic E-state index is 0.00564. The molecule has 1 heterocycles. The normalized spacial score (nSPS) is 14.6. The molecule has 0 atom stereocenters. The second kappa shape index (κ2) is 10.4. The van der Waals surface area contributed by atoms with Crippen molar-refractivity contribution in [2.45, 2.75) is 40.0 Å². The predicted octanol–water partition coefficient (Wildman–Crippen LogP) is 4.30. The first-order valence-electron chi connectivity index (χ1n) is 11.0. The molecule has 1 saturated heterocycles.